The topological polar surface area (TPSA) is 49.4 Å². The van der Waals surface area contributed by atoms with E-state index in [-0.39, 0.29) is 5.75 Å². The Kier molecular flexibility index (Phi) is 5.02. The minimum atomic E-state index is -2.83. The maximum Gasteiger partial charge on any atom is 0.148 e. The van der Waals surface area contributed by atoms with Crippen molar-refractivity contribution in [3.05, 3.63) is 0 Å². The number of nitrogens with one attached hydrogen (secondary N) is 1. The molecule has 1 fully saturated rings. The van der Waals surface area contributed by atoms with Gasteiger partial charge in [-0.05, 0) is 25.9 Å². The lowest BCUT2D eigenvalue weighted by molar-refractivity contribution is 0.183. The molecule has 90 valence electrons. The predicted octanol–water partition coefficient (Wildman–Crippen LogP) is 0.105. The van der Waals surface area contributed by atoms with E-state index >= 15 is 0 Å². The monoisotopic (exact) mass is 234 g/mol. The maximum atomic E-state index is 11.1. The van der Waals surface area contributed by atoms with Crippen LogP contribution in [0.25, 0.3) is 0 Å². The molecule has 1 rings (SSSR count). The van der Waals surface area contributed by atoms with E-state index in [2.05, 4.69) is 17.1 Å². The van der Waals surface area contributed by atoms with Gasteiger partial charge in [-0.2, -0.15) is 0 Å². The minimum absolute atomic E-state index is 0.275. The van der Waals surface area contributed by atoms with Gasteiger partial charge in [-0.3, -0.25) is 4.90 Å². The molecule has 0 aromatic rings. The number of hydrogen-bond acceptors (Lipinski definition) is 4. The second-order valence-electron chi connectivity index (χ2n) is 4.26. The van der Waals surface area contributed by atoms with E-state index in [0.29, 0.717) is 12.6 Å². The third-order valence-corrected chi connectivity index (χ3v) is 3.87. The summed E-state index contributed by atoms with van der Waals surface area (Å²) in [7, 11) is -2.83. The van der Waals surface area contributed by atoms with E-state index in [1.54, 1.807) is 0 Å². The normalized spacial score (nSPS) is 23.3. The first kappa shape index (κ1) is 12.9. The summed E-state index contributed by atoms with van der Waals surface area (Å²) < 4.78 is 22.2. The zero-order chi connectivity index (χ0) is 11.3. The zero-order valence-electron chi connectivity index (χ0n) is 9.70. The standard InChI is InChI=1S/C10H22N2O2S/c1-3-12(7-8-15(2,13)14)10-5-4-6-11-9-10/h10-11H,3-9H2,1-2H3. The van der Waals surface area contributed by atoms with Crippen molar-refractivity contribution in [2.75, 3.05) is 38.2 Å². The molecule has 0 saturated carbocycles. The zero-order valence-corrected chi connectivity index (χ0v) is 10.5. The van der Waals surface area contributed by atoms with Gasteiger partial charge in [-0.1, -0.05) is 6.92 Å². The molecule has 1 aliphatic rings. The Bertz CT molecular complexity index is 271. The van der Waals surface area contributed by atoms with Gasteiger partial charge in [-0.15, -0.1) is 0 Å². The lowest BCUT2D eigenvalue weighted by Crippen LogP contribution is -2.47. The van der Waals surface area contributed by atoms with Crippen LogP contribution in [0, 0.1) is 0 Å². The van der Waals surface area contributed by atoms with Crippen LogP contribution in [0.2, 0.25) is 0 Å². The van der Waals surface area contributed by atoms with Gasteiger partial charge in [0.05, 0.1) is 5.75 Å². The van der Waals surface area contributed by atoms with E-state index in [4.69, 9.17) is 0 Å². The van der Waals surface area contributed by atoms with Crippen LogP contribution in [-0.2, 0) is 9.84 Å². The van der Waals surface area contributed by atoms with E-state index < -0.39 is 9.84 Å². The summed E-state index contributed by atoms with van der Waals surface area (Å²) in [4.78, 5) is 2.27. The number of piperidine rings is 1. The molecule has 0 spiro atoms. The Morgan fingerprint density at radius 3 is 2.67 bits per heavy atom. The Labute approximate surface area is 93.0 Å². The fourth-order valence-electron chi connectivity index (χ4n) is 2.03. The van der Waals surface area contributed by atoms with Gasteiger partial charge in [0.1, 0.15) is 9.84 Å². The first-order chi connectivity index (χ1) is 7.03. The summed E-state index contributed by atoms with van der Waals surface area (Å²) >= 11 is 0. The third kappa shape index (κ3) is 4.95. The van der Waals surface area contributed by atoms with Crippen molar-refractivity contribution in [2.24, 2.45) is 0 Å². The van der Waals surface area contributed by atoms with E-state index in [0.717, 1.165) is 19.6 Å². The van der Waals surface area contributed by atoms with E-state index in [1.807, 2.05) is 0 Å². The Morgan fingerprint density at radius 1 is 1.47 bits per heavy atom. The molecular formula is C10H22N2O2S. The quantitative estimate of drug-likeness (QED) is 0.733. The summed E-state index contributed by atoms with van der Waals surface area (Å²) in [6.07, 6.45) is 3.69. The van der Waals surface area contributed by atoms with Gasteiger partial charge in [0.25, 0.3) is 0 Å². The molecule has 1 unspecified atom stereocenters. The first-order valence-electron chi connectivity index (χ1n) is 5.65. The highest BCUT2D eigenvalue weighted by Crippen LogP contribution is 2.09. The molecule has 1 N–H and O–H groups in total. The van der Waals surface area contributed by atoms with Gasteiger partial charge < -0.3 is 5.32 Å². The molecule has 1 heterocycles. The molecular weight excluding hydrogens is 212 g/mol. The van der Waals surface area contributed by atoms with Crippen LogP contribution in [0.5, 0.6) is 0 Å². The molecule has 5 heteroatoms. The number of nitrogens with zero attached hydrogens (tertiary/aromatic N) is 1. The fraction of sp³-hybridized carbons (Fsp3) is 1.00. The van der Waals surface area contributed by atoms with Crippen LogP contribution >= 0.6 is 0 Å². The lowest BCUT2D eigenvalue weighted by atomic mass is 10.1. The molecule has 1 saturated heterocycles. The van der Waals surface area contributed by atoms with Crippen LogP contribution in [0.3, 0.4) is 0 Å². The molecule has 0 aromatic heterocycles. The lowest BCUT2D eigenvalue weighted by Gasteiger charge is -2.33. The van der Waals surface area contributed by atoms with Gasteiger partial charge >= 0.3 is 0 Å². The minimum Gasteiger partial charge on any atom is -0.315 e. The largest absolute Gasteiger partial charge is 0.315 e. The average Bonchev–Trinajstić information content (AvgIpc) is 2.19. The van der Waals surface area contributed by atoms with Gasteiger partial charge in [0.2, 0.25) is 0 Å². The van der Waals surface area contributed by atoms with Gasteiger partial charge in [0.15, 0.2) is 0 Å². The number of sulfone groups is 1. The van der Waals surface area contributed by atoms with Crippen molar-refractivity contribution < 1.29 is 8.42 Å². The maximum absolute atomic E-state index is 11.1. The third-order valence-electron chi connectivity index (χ3n) is 2.94. The summed E-state index contributed by atoms with van der Waals surface area (Å²) in [5, 5.41) is 3.36. The van der Waals surface area contributed by atoms with Gasteiger partial charge in [0, 0.05) is 25.4 Å². The molecule has 0 bridgehead atoms. The Morgan fingerprint density at radius 2 is 2.20 bits per heavy atom. The second-order valence-corrected chi connectivity index (χ2v) is 6.52. The molecule has 0 amide bonds. The van der Waals surface area contributed by atoms with Crippen molar-refractivity contribution in [3.8, 4) is 0 Å². The molecule has 1 aliphatic heterocycles. The molecule has 0 aliphatic carbocycles. The highest BCUT2D eigenvalue weighted by Gasteiger charge is 2.20. The van der Waals surface area contributed by atoms with Gasteiger partial charge in [-0.25, -0.2) is 8.42 Å². The average molecular weight is 234 g/mol. The number of likely N-dealkylation sites (N-methyl/N-ethyl adjacent to an activating group) is 1. The molecule has 1 atom stereocenters. The van der Waals surface area contributed by atoms with Crippen LogP contribution in [0.15, 0.2) is 0 Å². The summed E-state index contributed by atoms with van der Waals surface area (Å²) in [5.74, 6) is 0.275. The van der Waals surface area contributed by atoms with Crippen molar-refractivity contribution in [1.82, 2.24) is 10.2 Å². The van der Waals surface area contributed by atoms with E-state index in [9.17, 15) is 8.42 Å². The fourth-order valence-corrected chi connectivity index (χ4v) is 2.59. The van der Waals surface area contributed by atoms with Crippen LogP contribution < -0.4 is 5.32 Å². The van der Waals surface area contributed by atoms with Crippen LogP contribution in [0.1, 0.15) is 19.8 Å². The van der Waals surface area contributed by atoms with Crippen molar-refractivity contribution in [2.45, 2.75) is 25.8 Å². The summed E-state index contributed by atoms with van der Waals surface area (Å²) in [6, 6.07) is 0.519. The second kappa shape index (κ2) is 5.82. The molecule has 0 radical (unpaired) electrons. The van der Waals surface area contributed by atoms with E-state index in [1.165, 1.54) is 19.1 Å². The Hall–Kier alpha value is -0.130. The molecule has 4 nitrogen and oxygen atoms in total. The highest BCUT2D eigenvalue weighted by molar-refractivity contribution is 7.90. The molecule has 0 aromatic carbocycles. The number of hydrogen-bond donors (Lipinski definition) is 1. The SMILES string of the molecule is CCN(CCS(C)(=O)=O)C1CCCNC1. The van der Waals surface area contributed by atoms with Crippen LogP contribution in [-0.4, -0.2) is 57.5 Å². The first-order valence-corrected chi connectivity index (χ1v) is 7.71. The predicted molar refractivity (Wildman–Crippen MR) is 62.8 cm³/mol. The smallest absolute Gasteiger partial charge is 0.148 e. The van der Waals surface area contributed by atoms with Crippen molar-refractivity contribution in [3.63, 3.8) is 0 Å². The Balaban J connectivity index is 2.40. The highest BCUT2D eigenvalue weighted by atomic mass is 32.2. The summed E-state index contributed by atoms with van der Waals surface area (Å²) in [5.41, 5.74) is 0. The number of rotatable bonds is 5. The van der Waals surface area contributed by atoms with Crippen molar-refractivity contribution >= 4 is 9.84 Å². The van der Waals surface area contributed by atoms with Crippen LogP contribution in [0.4, 0.5) is 0 Å². The molecule has 15 heavy (non-hydrogen) atoms. The van der Waals surface area contributed by atoms with Crippen molar-refractivity contribution in [1.29, 1.82) is 0 Å². The summed E-state index contributed by atoms with van der Waals surface area (Å²) in [6.45, 7) is 5.79.